The topological polar surface area (TPSA) is 56.7 Å². The molecule has 1 amide bonds. The molecule has 5 nitrogen and oxygen atoms in total. The SMILES string of the molecule is CCNC(=NCCc1ccc(Cl)s1)N1CCC(CC(=O)NC)CC1.I. The van der Waals surface area contributed by atoms with Crippen molar-refractivity contribution in [2.75, 3.05) is 33.2 Å². The summed E-state index contributed by atoms with van der Waals surface area (Å²) in [6.45, 7) is 5.63. The summed E-state index contributed by atoms with van der Waals surface area (Å²) in [4.78, 5) is 19.8. The number of aliphatic imine (C=N–C) groups is 1. The first-order valence-corrected chi connectivity index (χ1v) is 9.79. The molecule has 25 heavy (non-hydrogen) atoms. The lowest BCUT2D eigenvalue weighted by molar-refractivity contribution is -0.121. The number of rotatable bonds is 6. The Balaban J connectivity index is 0.00000312. The number of thiophene rings is 1. The van der Waals surface area contributed by atoms with Gasteiger partial charge in [0.1, 0.15) is 0 Å². The predicted octanol–water partition coefficient (Wildman–Crippen LogP) is 3.38. The normalized spacial score (nSPS) is 15.6. The predicted molar refractivity (Wildman–Crippen MR) is 117 cm³/mol. The van der Waals surface area contributed by atoms with Gasteiger partial charge in [-0.2, -0.15) is 0 Å². The highest BCUT2D eigenvalue weighted by Gasteiger charge is 2.22. The molecule has 142 valence electrons. The van der Waals surface area contributed by atoms with Gasteiger partial charge >= 0.3 is 0 Å². The number of carbonyl (C=O) groups excluding carboxylic acids is 1. The van der Waals surface area contributed by atoms with Crippen molar-refractivity contribution in [3.8, 4) is 0 Å². The number of guanidine groups is 1. The van der Waals surface area contributed by atoms with Gasteiger partial charge in [0.05, 0.1) is 4.34 Å². The first-order chi connectivity index (χ1) is 11.6. The summed E-state index contributed by atoms with van der Waals surface area (Å²) in [5, 5.41) is 6.10. The number of carbonyl (C=O) groups is 1. The largest absolute Gasteiger partial charge is 0.359 e. The number of nitrogens with zero attached hydrogens (tertiary/aromatic N) is 2. The molecule has 1 fully saturated rings. The van der Waals surface area contributed by atoms with Gasteiger partial charge in [-0.1, -0.05) is 11.6 Å². The van der Waals surface area contributed by atoms with Crippen LogP contribution in [0.15, 0.2) is 17.1 Å². The summed E-state index contributed by atoms with van der Waals surface area (Å²) in [5.41, 5.74) is 0. The zero-order valence-corrected chi connectivity index (χ0v) is 18.8. The number of amides is 1. The molecule has 1 aliphatic rings. The van der Waals surface area contributed by atoms with E-state index in [1.54, 1.807) is 18.4 Å². The van der Waals surface area contributed by atoms with Gasteiger partial charge in [-0.25, -0.2) is 0 Å². The molecule has 1 aliphatic heterocycles. The Morgan fingerprint density at radius 1 is 1.40 bits per heavy atom. The van der Waals surface area contributed by atoms with Gasteiger partial charge in [0.2, 0.25) is 5.91 Å². The minimum atomic E-state index is 0. The monoisotopic (exact) mass is 498 g/mol. The van der Waals surface area contributed by atoms with Crippen LogP contribution >= 0.6 is 46.9 Å². The van der Waals surface area contributed by atoms with Crippen LogP contribution < -0.4 is 10.6 Å². The van der Waals surface area contributed by atoms with Crippen molar-refractivity contribution >= 4 is 58.8 Å². The number of hydrogen-bond acceptors (Lipinski definition) is 3. The second kappa shape index (κ2) is 12.0. The summed E-state index contributed by atoms with van der Waals surface area (Å²) in [6, 6.07) is 4.01. The van der Waals surface area contributed by atoms with Gasteiger partial charge in [-0.05, 0) is 37.8 Å². The molecule has 1 saturated heterocycles. The molecule has 8 heteroatoms. The fourth-order valence-corrected chi connectivity index (χ4v) is 3.97. The molecule has 2 heterocycles. The van der Waals surface area contributed by atoms with Crippen molar-refractivity contribution in [2.45, 2.75) is 32.6 Å². The van der Waals surface area contributed by atoms with Crippen LogP contribution in [-0.2, 0) is 11.2 Å². The van der Waals surface area contributed by atoms with E-state index in [9.17, 15) is 4.79 Å². The fourth-order valence-electron chi connectivity index (χ4n) is 2.90. The van der Waals surface area contributed by atoms with Crippen LogP contribution in [0, 0.1) is 5.92 Å². The Bertz CT molecular complexity index is 559. The van der Waals surface area contributed by atoms with Gasteiger partial charge in [0.25, 0.3) is 0 Å². The van der Waals surface area contributed by atoms with Crippen molar-refractivity contribution in [1.29, 1.82) is 0 Å². The van der Waals surface area contributed by atoms with E-state index in [0.29, 0.717) is 12.3 Å². The van der Waals surface area contributed by atoms with Crippen molar-refractivity contribution in [2.24, 2.45) is 10.9 Å². The highest BCUT2D eigenvalue weighted by Crippen LogP contribution is 2.22. The Morgan fingerprint density at radius 3 is 2.68 bits per heavy atom. The van der Waals surface area contributed by atoms with Crippen LogP contribution in [0.5, 0.6) is 0 Å². The molecular weight excluding hydrogens is 471 g/mol. The van der Waals surface area contributed by atoms with Crippen LogP contribution in [0.25, 0.3) is 0 Å². The number of hydrogen-bond donors (Lipinski definition) is 2. The lowest BCUT2D eigenvalue weighted by Gasteiger charge is -2.34. The summed E-state index contributed by atoms with van der Waals surface area (Å²) in [6.07, 6.45) is 3.63. The van der Waals surface area contributed by atoms with Gasteiger partial charge in [-0.3, -0.25) is 9.79 Å². The Labute approximate surface area is 176 Å². The Morgan fingerprint density at radius 2 is 2.12 bits per heavy atom. The average Bonchev–Trinajstić information content (AvgIpc) is 3.00. The first kappa shape index (κ1) is 22.5. The summed E-state index contributed by atoms with van der Waals surface area (Å²) in [7, 11) is 1.70. The molecule has 0 aromatic carbocycles. The van der Waals surface area contributed by atoms with Gasteiger partial charge in [-0.15, -0.1) is 35.3 Å². The molecule has 2 N–H and O–H groups in total. The highest BCUT2D eigenvalue weighted by molar-refractivity contribution is 14.0. The molecule has 0 unspecified atom stereocenters. The Hall–Kier alpha value is -0.540. The molecule has 1 aromatic heterocycles. The molecule has 0 bridgehead atoms. The molecule has 0 saturated carbocycles. The third-order valence-electron chi connectivity index (χ3n) is 4.25. The molecule has 0 radical (unpaired) electrons. The number of piperidine rings is 1. The van der Waals surface area contributed by atoms with Crippen LogP contribution in [0.2, 0.25) is 4.34 Å². The maximum absolute atomic E-state index is 11.5. The lowest BCUT2D eigenvalue weighted by Crippen LogP contribution is -2.46. The van der Waals surface area contributed by atoms with E-state index in [2.05, 4.69) is 28.5 Å². The zero-order chi connectivity index (χ0) is 17.4. The van der Waals surface area contributed by atoms with Crippen molar-refractivity contribution < 1.29 is 4.79 Å². The third-order valence-corrected chi connectivity index (χ3v) is 5.54. The van der Waals surface area contributed by atoms with Crippen molar-refractivity contribution in [3.05, 3.63) is 21.3 Å². The maximum atomic E-state index is 11.5. The minimum Gasteiger partial charge on any atom is -0.359 e. The second-order valence-electron chi connectivity index (χ2n) is 6.00. The smallest absolute Gasteiger partial charge is 0.220 e. The van der Waals surface area contributed by atoms with E-state index in [4.69, 9.17) is 16.6 Å². The van der Waals surface area contributed by atoms with Crippen LogP contribution in [0.3, 0.4) is 0 Å². The van der Waals surface area contributed by atoms with E-state index in [1.807, 2.05) is 6.07 Å². The van der Waals surface area contributed by atoms with E-state index in [-0.39, 0.29) is 29.9 Å². The number of halogens is 2. The van der Waals surface area contributed by atoms with Gasteiger partial charge < -0.3 is 15.5 Å². The molecule has 0 aliphatic carbocycles. The molecular formula is C17H28ClIN4OS. The average molecular weight is 499 g/mol. The van der Waals surface area contributed by atoms with Crippen molar-refractivity contribution in [3.63, 3.8) is 0 Å². The molecule has 0 atom stereocenters. The van der Waals surface area contributed by atoms with E-state index in [1.165, 1.54) is 4.88 Å². The van der Waals surface area contributed by atoms with Crippen molar-refractivity contribution in [1.82, 2.24) is 15.5 Å². The fraction of sp³-hybridized carbons (Fsp3) is 0.647. The summed E-state index contributed by atoms with van der Waals surface area (Å²) in [5.74, 6) is 1.61. The lowest BCUT2D eigenvalue weighted by atomic mass is 9.93. The molecule has 2 rings (SSSR count). The van der Waals surface area contributed by atoms with Gasteiger partial charge in [0.15, 0.2) is 5.96 Å². The van der Waals surface area contributed by atoms with E-state index < -0.39 is 0 Å². The molecule has 1 aromatic rings. The summed E-state index contributed by atoms with van der Waals surface area (Å²) >= 11 is 7.59. The number of likely N-dealkylation sites (tertiary alicyclic amines) is 1. The second-order valence-corrected chi connectivity index (χ2v) is 7.80. The van der Waals surface area contributed by atoms with E-state index >= 15 is 0 Å². The van der Waals surface area contributed by atoms with Crippen LogP contribution in [-0.4, -0.2) is 50.0 Å². The minimum absolute atomic E-state index is 0. The van der Waals surface area contributed by atoms with E-state index in [0.717, 1.165) is 55.7 Å². The third kappa shape index (κ3) is 7.70. The first-order valence-electron chi connectivity index (χ1n) is 8.60. The maximum Gasteiger partial charge on any atom is 0.220 e. The Kier molecular flexibility index (Phi) is 10.8. The molecule has 0 spiro atoms. The zero-order valence-electron chi connectivity index (χ0n) is 14.9. The van der Waals surface area contributed by atoms with Crippen LogP contribution in [0.4, 0.5) is 0 Å². The highest BCUT2D eigenvalue weighted by atomic mass is 127. The summed E-state index contributed by atoms with van der Waals surface area (Å²) < 4.78 is 0.832. The van der Waals surface area contributed by atoms with Gasteiger partial charge in [0, 0.05) is 50.9 Å². The standard InChI is InChI=1S/C17H27ClN4OS.HI/c1-3-20-17(21-9-6-14-4-5-15(18)24-14)22-10-7-13(8-11-22)12-16(23)19-2;/h4-5,13H,3,6-12H2,1-2H3,(H,19,23)(H,20,21);1H. The van der Waals surface area contributed by atoms with Crippen LogP contribution in [0.1, 0.15) is 31.1 Å². The number of nitrogens with one attached hydrogen (secondary N) is 2. The quantitative estimate of drug-likeness (QED) is 0.359.